The van der Waals surface area contributed by atoms with E-state index in [-0.39, 0.29) is 25.7 Å². The summed E-state index contributed by atoms with van der Waals surface area (Å²) < 4.78 is 30.1. The Balaban J connectivity index is 1.54. The molecule has 2 saturated heterocycles. The molecule has 0 aromatic rings. The van der Waals surface area contributed by atoms with Crippen molar-refractivity contribution in [3.63, 3.8) is 0 Å². The Labute approximate surface area is 227 Å². The van der Waals surface area contributed by atoms with Gasteiger partial charge in [0.15, 0.2) is 0 Å². The molecule has 0 amide bonds. The summed E-state index contributed by atoms with van der Waals surface area (Å²) >= 11 is 0. The summed E-state index contributed by atoms with van der Waals surface area (Å²) in [5, 5.41) is 31.6. The predicted molar refractivity (Wildman–Crippen MR) is 137 cm³/mol. The number of aliphatic hydroxyl groups excluding tert-OH is 3. The molecule has 0 radical (unpaired) electrons. The van der Waals surface area contributed by atoms with Crippen LogP contribution >= 0.6 is 0 Å². The summed E-state index contributed by atoms with van der Waals surface area (Å²) in [4.78, 5) is 25.9. The van der Waals surface area contributed by atoms with E-state index in [1.165, 1.54) is 18.2 Å². The first-order valence-electron chi connectivity index (χ1n) is 13.5. The van der Waals surface area contributed by atoms with E-state index in [0.29, 0.717) is 18.6 Å². The molecule has 10 unspecified atom stereocenters. The standard InChI is InChI=1S/C29H38O10/c1-16-9-23-28(12-19(16)31)14-36-26(34)10-17(2)20(32)13-35-21(18(3)30)7-5-6-8-25(33)39-22-11-24(38-23)29(15-37-29)27(22,28)4/h5-10,18-24,30-32H,11-15H2,1-4H3/b7-5-,8-6-,17-10-. The Kier molecular flexibility index (Phi) is 7.41. The van der Waals surface area contributed by atoms with Gasteiger partial charge in [-0.25, -0.2) is 9.59 Å². The SMILES string of the molecule is CC1=CC2OC3CC4OC(=O)/C=C\C=C/C(C(C)O)OCC(O)/C(C)=C\C(=O)OCC2(CC1O)C4(C)C31CO1. The fraction of sp³-hybridized carbons (Fsp3) is 0.655. The van der Waals surface area contributed by atoms with Crippen molar-refractivity contribution in [3.8, 4) is 0 Å². The van der Waals surface area contributed by atoms with Crippen LogP contribution in [0.5, 0.6) is 0 Å². The maximum Gasteiger partial charge on any atom is 0.331 e. The number of cyclic esters (lactones) is 1. The molecule has 2 spiro atoms. The summed E-state index contributed by atoms with van der Waals surface area (Å²) in [5.41, 5.74) is -1.40. The molecule has 3 heterocycles. The van der Waals surface area contributed by atoms with Gasteiger partial charge in [0.25, 0.3) is 0 Å². The van der Waals surface area contributed by atoms with Crippen LogP contribution in [0.1, 0.15) is 40.5 Å². The molecule has 5 rings (SSSR count). The molecule has 5 aliphatic rings. The molecule has 3 N–H and O–H groups in total. The van der Waals surface area contributed by atoms with Gasteiger partial charge in [-0.15, -0.1) is 0 Å². The highest BCUT2D eigenvalue weighted by molar-refractivity contribution is 5.83. The van der Waals surface area contributed by atoms with E-state index in [1.807, 2.05) is 19.9 Å². The van der Waals surface area contributed by atoms with Gasteiger partial charge in [0.1, 0.15) is 24.4 Å². The van der Waals surface area contributed by atoms with Crippen LogP contribution in [-0.4, -0.2) is 95.4 Å². The lowest BCUT2D eigenvalue weighted by Crippen LogP contribution is -2.68. The molecular formula is C29H38O10. The number of hydrogen-bond donors (Lipinski definition) is 3. The Morgan fingerprint density at radius 2 is 1.77 bits per heavy atom. The van der Waals surface area contributed by atoms with Gasteiger partial charge in [-0.05, 0) is 38.3 Å². The molecule has 2 bridgehead atoms. The van der Waals surface area contributed by atoms with Gasteiger partial charge in [0.2, 0.25) is 0 Å². The number of epoxide rings is 1. The number of esters is 2. The van der Waals surface area contributed by atoms with E-state index in [1.54, 1.807) is 26.0 Å². The molecule has 0 aromatic heterocycles. The van der Waals surface area contributed by atoms with Crippen molar-refractivity contribution >= 4 is 11.9 Å². The van der Waals surface area contributed by atoms with E-state index in [4.69, 9.17) is 23.7 Å². The average molecular weight is 547 g/mol. The van der Waals surface area contributed by atoms with E-state index >= 15 is 0 Å². The third kappa shape index (κ3) is 4.61. The van der Waals surface area contributed by atoms with Crippen molar-refractivity contribution in [2.45, 2.75) is 88.9 Å². The lowest BCUT2D eigenvalue weighted by Gasteiger charge is -2.58. The van der Waals surface area contributed by atoms with Crippen LogP contribution in [0.3, 0.4) is 0 Å². The van der Waals surface area contributed by atoms with Crippen LogP contribution in [0.15, 0.2) is 47.6 Å². The minimum Gasteiger partial charge on any atom is -0.462 e. The molecule has 3 aliphatic heterocycles. The van der Waals surface area contributed by atoms with Crippen molar-refractivity contribution in [3.05, 3.63) is 47.6 Å². The second-order valence-corrected chi connectivity index (χ2v) is 11.7. The lowest BCUT2D eigenvalue weighted by molar-refractivity contribution is -0.238. The van der Waals surface area contributed by atoms with Gasteiger partial charge in [-0.2, -0.15) is 0 Å². The number of rotatable bonds is 1. The molecule has 10 nitrogen and oxygen atoms in total. The van der Waals surface area contributed by atoms with Crippen molar-refractivity contribution in [2.24, 2.45) is 10.8 Å². The first-order chi connectivity index (χ1) is 18.4. The zero-order valence-corrected chi connectivity index (χ0v) is 22.7. The number of carbonyl (C=O) groups is 2. The van der Waals surface area contributed by atoms with Crippen LogP contribution in [0.25, 0.3) is 0 Å². The maximum atomic E-state index is 13.0. The van der Waals surface area contributed by atoms with Gasteiger partial charge in [0.05, 0.1) is 49.1 Å². The Hall–Kier alpha value is -2.34. The molecule has 3 fully saturated rings. The van der Waals surface area contributed by atoms with Gasteiger partial charge >= 0.3 is 11.9 Å². The van der Waals surface area contributed by atoms with Crippen LogP contribution < -0.4 is 0 Å². The first-order valence-corrected chi connectivity index (χ1v) is 13.5. The van der Waals surface area contributed by atoms with Crippen LogP contribution in [0, 0.1) is 10.8 Å². The van der Waals surface area contributed by atoms with Gasteiger partial charge < -0.3 is 39.0 Å². The molecule has 39 heavy (non-hydrogen) atoms. The van der Waals surface area contributed by atoms with Gasteiger partial charge in [-0.1, -0.05) is 31.2 Å². The minimum atomic E-state index is -1.11. The van der Waals surface area contributed by atoms with Gasteiger partial charge in [-0.3, -0.25) is 0 Å². The topological polar surface area (TPSA) is 144 Å². The van der Waals surface area contributed by atoms with Crippen molar-refractivity contribution in [2.75, 3.05) is 19.8 Å². The Bertz CT molecular complexity index is 1120. The third-order valence-electron chi connectivity index (χ3n) is 9.48. The number of allylic oxidation sites excluding steroid dienone is 2. The van der Waals surface area contributed by atoms with E-state index in [2.05, 4.69) is 0 Å². The first kappa shape index (κ1) is 28.2. The Morgan fingerprint density at radius 1 is 1.03 bits per heavy atom. The van der Waals surface area contributed by atoms with Crippen molar-refractivity contribution < 1.29 is 48.6 Å². The van der Waals surface area contributed by atoms with E-state index < -0.39 is 65.0 Å². The highest BCUT2D eigenvalue weighted by Gasteiger charge is 2.83. The normalized spacial score (nSPS) is 48.3. The van der Waals surface area contributed by atoms with Crippen molar-refractivity contribution in [1.82, 2.24) is 0 Å². The maximum absolute atomic E-state index is 13.0. The third-order valence-corrected chi connectivity index (χ3v) is 9.48. The second-order valence-electron chi connectivity index (χ2n) is 11.7. The highest BCUT2D eigenvalue weighted by Crippen LogP contribution is 2.72. The molecule has 0 aromatic carbocycles. The number of carbonyl (C=O) groups excluding carboxylic acids is 2. The number of ether oxygens (including phenoxy) is 5. The number of aliphatic hydroxyl groups is 3. The van der Waals surface area contributed by atoms with E-state index in [0.717, 1.165) is 5.57 Å². The fourth-order valence-electron chi connectivity index (χ4n) is 6.84. The summed E-state index contributed by atoms with van der Waals surface area (Å²) in [6.07, 6.45) is 4.68. The fourth-order valence-corrected chi connectivity index (χ4v) is 6.84. The highest BCUT2D eigenvalue weighted by atomic mass is 16.6. The van der Waals surface area contributed by atoms with Crippen LogP contribution in [0.2, 0.25) is 0 Å². The molecule has 1 saturated carbocycles. The largest absolute Gasteiger partial charge is 0.462 e. The minimum absolute atomic E-state index is 0.112. The average Bonchev–Trinajstić information content (AvgIpc) is 3.65. The lowest BCUT2D eigenvalue weighted by atomic mass is 9.51. The smallest absolute Gasteiger partial charge is 0.331 e. The summed E-state index contributed by atoms with van der Waals surface area (Å²) in [5.74, 6) is -1.23. The molecule has 10 atom stereocenters. The van der Waals surface area contributed by atoms with Crippen LogP contribution in [0.4, 0.5) is 0 Å². The predicted octanol–water partition coefficient (Wildman–Crippen LogP) is 1.28. The van der Waals surface area contributed by atoms with Crippen molar-refractivity contribution in [1.29, 1.82) is 0 Å². The van der Waals surface area contributed by atoms with Crippen LogP contribution in [-0.2, 0) is 33.3 Å². The molecule has 2 aliphatic carbocycles. The second kappa shape index (κ2) is 10.2. The van der Waals surface area contributed by atoms with Gasteiger partial charge in [0, 0.05) is 24.0 Å². The van der Waals surface area contributed by atoms with E-state index in [9.17, 15) is 24.9 Å². The zero-order valence-electron chi connectivity index (χ0n) is 22.7. The quantitative estimate of drug-likeness (QED) is 0.250. The number of hydrogen-bond acceptors (Lipinski definition) is 10. The molecule has 10 heteroatoms. The zero-order chi connectivity index (χ0) is 28.2. The molecule has 214 valence electrons. The molecular weight excluding hydrogens is 508 g/mol. The monoisotopic (exact) mass is 546 g/mol. The summed E-state index contributed by atoms with van der Waals surface area (Å²) in [6, 6.07) is 0. The summed E-state index contributed by atoms with van der Waals surface area (Å²) in [6.45, 7) is 7.09. The Morgan fingerprint density at radius 3 is 2.46 bits per heavy atom. The summed E-state index contributed by atoms with van der Waals surface area (Å²) in [7, 11) is 0.